The SMILES string of the molecule is CC(C)(C)Nc1cc(C(=O)O)nc2c(Cl)cnn12. The molecule has 2 aromatic heterocycles. The van der Waals surface area contributed by atoms with Crippen molar-refractivity contribution in [2.45, 2.75) is 26.3 Å². The molecular formula is C11H13ClN4O2. The molecule has 0 radical (unpaired) electrons. The van der Waals surface area contributed by atoms with Crippen LogP contribution in [0.2, 0.25) is 5.02 Å². The zero-order valence-corrected chi connectivity index (χ0v) is 11.0. The summed E-state index contributed by atoms with van der Waals surface area (Å²) in [4.78, 5) is 15.0. The highest BCUT2D eigenvalue weighted by atomic mass is 35.5. The molecule has 18 heavy (non-hydrogen) atoms. The molecule has 7 heteroatoms. The van der Waals surface area contributed by atoms with Gasteiger partial charge in [0, 0.05) is 11.6 Å². The van der Waals surface area contributed by atoms with Crippen LogP contribution < -0.4 is 5.32 Å². The van der Waals surface area contributed by atoms with E-state index in [0.29, 0.717) is 16.5 Å². The third kappa shape index (κ3) is 2.38. The minimum atomic E-state index is -1.10. The van der Waals surface area contributed by atoms with E-state index in [-0.39, 0.29) is 11.2 Å². The Morgan fingerprint density at radius 3 is 2.72 bits per heavy atom. The maximum Gasteiger partial charge on any atom is 0.354 e. The Bertz CT molecular complexity index is 615. The minimum Gasteiger partial charge on any atom is -0.477 e. The highest BCUT2D eigenvalue weighted by Gasteiger charge is 2.17. The van der Waals surface area contributed by atoms with Gasteiger partial charge < -0.3 is 10.4 Å². The molecule has 0 amide bonds. The number of aromatic carboxylic acids is 1. The number of fused-ring (bicyclic) bond motifs is 1. The summed E-state index contributed by atoms with van der Waals surface area (Å²) in [7, 11) is 0. The van der Waals surface area contributed by atoms with Crippen molar-refractivity contribution < 1.29 is 9.90 Å². The number of aromatic nitrogens is 3. The second-order valence-electron chi connectivity index (χ2n) is 4.93. The smallest absolute Gasteiger partial charge is 0.354 e. The molecule has 0 atom stereocenters. The number of carbonyl (C=O) groups is 1. The van der Waals surface area contributed by atoms with Crippen LogP contribution in [-0.4, -0.2) is 31.2 Å². The Hall–Kier alpha value is -1.82. The van der Waals surface area contributed by atoms with Crippen molar-refractivity contribution in [1.29, 1.82) is 0 Å². The van der Waals surface area contributed by atoms with Gasteiger partial charge >= 0.3 is 5.97 Å². The van der Waals surface area contributed by atoms with Crippen molar-refractivity contribution in [3.05, 3.63) is 23.0 Å². The zero-order chi connectivity index (χ0) is 13.5. The van der Waals surface area contributed by atoms with E-state index in [1.807, 2.05) is 20.8 Å². The number of rotatable bonds is 2. The second-order valence-corrected chi connectivity index (χ2v) is 5.34. The van der Waals surface area contributed by atoms with Crippen LogP contribution >= 0.6 is 11.6 Å². The Labute approximate surface area is 109 Å². The van der Waals surface area contributed by atoms with Gasteiger partial charge in [0.2, 0.25) is 0 Å². The van der Waals surface area contributed by atoms with E-state index in [9.17, 15) is 4.79 Å². The van der Waals surface area contributed by atoms with Crippen LogP contribution in [-0.2, 0) is 0 Å². The quantitative estimate of drug-likeness (QED) is 0.874. The summed E-state index contributed by atoms with van der Waals surface area (Å²) >= 11 is 5.93. The molecule has 0 aliphatic heterocycles. The lowest BCUT2D eigenvalue weighted by Gasteiger charge is -2.22. The zero-order valence-electron chi connectivity index (χ0n) is 10.2. The van der Waals surface area contributed by atoms with Gasteiger partial charge in [-0.1, -0.05) is 11.6 Å². The molecule has 2 heterocycles. The van der Waals surface area contributed by atoms with Crippen molar-refractivity contribution in [2.24, 2.45) is 0 Å². The van der Waals surface area contributed by atoms with Crippen LogP contribution in [0.1, 0.15) is 31.3 Å². The normalized spacial score (nSPS) is 11.8. The number of nitrogens with one attached hydrogen (secondary N) is 1. The van der Waals surface area contributed by atoms with Crippen LogP contribution in [0.15, 0.2) is 12.3 Å². The molecule has 0 bridgehead atoms. The Balaban J connectivity index is 2.66. The molecule has 0 aromatic carbocycles. The average Bonchev–Trinajstić information content (AvgIpc) is 2.58. The van der Waals surface area contributed by atoms with Gasteiger partial charge in [0.1, 0.15) is 10.8 Å². The summed E-state index contributed by atoms with van der Waals surface area (Å²) in [5.74, 6) is -0.566. The van der Waals surface area contributed by atoms with Crippen molar-refractivity contribution in [3.63, 3.8) is 0 Å². The Kier molecular flexibility index (Phi) is 2.90. The molecule has 2 N–H and O–H groups in total. The maximum absolute atomic E-state index is 11.0. The number of halogens is 1. The van der Waals surface area contributed by atoms with Crippen LogP contribution in [0, 0.1) is 0 Å². The molecule has 0 aliphatic rings. The fourth-order valence-corrected chi connectivity index (χ4v) is 1.68. The minimum absolute atomic E-state index is 0.0725. The number of nitrogens with zero attached hydrogens (tertiary/aromatic N) is 3. The lowest BCUT2D eigenvalue weighted by atomic mass is 10.1. The molecule has 0 spiro atoms. The monoisotopic (exact) mass is 268 g/mol. The number of carboxylic acid groups (broad SMARTS) is 1. The van der Waals surface area contributed by atoms with E-state index in [2.05, 4.69) is 15.4 Å². The number of hydrogen-bond donors (Lipinski definition) is 2. The van der Waals surface area contributed by atoms with Crippen molar-refractivity contribution in [3.8, 4) is 0 Å². The maximum atomic E-state index is 11.0. The van der Waals surface area contributed by atoms with E-state index in [4.69, 9.17) is 16.7 Å². The van der Waals surface area contributed by atoms with Crippen LogP contribution in [0.5, 0.6) is 0 Å². The number of anilines is 1. The van der Waals surface area contributed by atoms with Crippen LogP contribution in [0.25, 0.3) is 5.65 Å². The molecule has 6 nitrogen and oxygen atoms in total. The third-order valence-electron chi connectivity index (χ3n) is 2.15. The lowest BCUT2D eigenvalue weighted by Crippen LogP contribution is -2.28. The molecule has 0 saturated heterocycles. The first kappa shape index (κ1) is 12.6. The summed E-state index contributed by atoms with van der Waals surface area (Å²) < 4.78 is 1.49. The van der Waals surface area contributed by atoms with Gasteiger partial charge in [-0.2, -0.15) is 9.61 Å². The number of carboxylic acids is 1. The molecular weight excluding hydrogens is 256 g/mol. The summed E-state index contributed by atoms with van der Waals surface area (Å²) in [5, 5.41) is 16.6. The van der Waals surface area contributed by atoms with Crippen molar-refractivity contribution in [1.82, 2.24) is 14.6 Å². The third-order valence-corrected chi connectivity index (χ3v) is 2.42. The molecule has 0 unspecified atom stereocenters. The van der Waals surface area contributed by atoms with Crippen LogP contribution in [0.4, 0.5) is 5.82 Å². The first-order valence-electron chi connectivity index (χ1n) is 5.34. The van der Waals surface area contributed by atoms with E-state index < -0.39 is 5.97 Å². The van der Waals surface area contributed by atoms with Gasteiger partial charge in [0.15, 0.2) is 11.3 Å². The first-order chi connectivity index (χ1) is 8.28. The van der Waals surface area contributed by atoms with E-state index in [0.717, 1.165) is 0 Å². The molecule has 0 saturated carbocycles. The van der Waals surface area contributed by atoms with Crippen molar-refractivity contribution >= 4 is 29.0 Å². The van der Waals surface area contributed by atoms with Crippen LogP contribution in [0.3, 0.4) is 0 Å². The molecule has 96 valence electrons. The van der Waals surface area contributed by atoms with Gasteiger partial charge in [0.25, 0.3) is 0 Å². The Morgan fingerprint density at radius 1 is 1.50 bits per heavy atom. The largest absolute Gasteiger partial charge is 0.477 e. The topological polar surface area (TPSA) is 79.5 Å². The fourth-order valence-electron chi connectivity index (χ4n) is 1.52. The second kappa shape index (κ2) is 4.13. The Morgan fingerprint density at radius 2 is 2.17 bits per heavy atom. The predicted molar refractivity (Wildman–Crippen MR) is 68.3 cm³/mol. The summed E-state index contributed by atoms with van der Waals surface area (Å²) in [5.41, 5.74) is 0.0163. The molecule has 2 aromatic rings. The van der Waals surface area contributed by atoms with Gasteiger partial charge in [-0.3, -0.25) is 0 Å². The molecule has 0 fully saturated rings. The standard InChI is InChI=1S/C11H13ClN4O2/c1-11(2,3)15-8-4-7(10(17)18)14-9-6(12)5-13-16(8)9/h4-5,15H,1-3H3,(H,17,18). The fraction of sp³-hybridized carbons (Fsp3) is 0.364. The van der Waals surface area contributed by atoms with Gasteiger partial charge in [-0.15, -0.1) is 0 Å². The highest BCUT2D eigenvalue weighted by Crippen LogP contribution is 2.22. The first-order valence-corrected chi connectivity index (χ1v) is 5.71. The molecule has 2 rings (SSSR count). The van der Waals surface area contributed by atoms with Gasteiger partial charge in [0.05, 0.1) is 6.20 Å². The van der Waals surface area contributed by atoms with E-state index >= 15 is 0 Å². The highest BCUT2D eigenvalue weighted by molar-refractivity contribution is 6.33. The molecule has 0 aliphatic carbocycles. The summed E-state index contributed by atoms with van der Waals surface area (Å²) in [6.07, 6.45) is 1.43. The number of hydrogen-bond acceptors (Lipinski definition) is 4. The van der Waals surface area contributed by atoms with Crippen molar-refractivity contribution in [2.75, 3.05) is 5.32 Å². The van der Waals surface area contributed by atoms with Gasteiger partial charge in [-0.05, 0) is 20.8 Å². The predicted octanol–water partition coefficient (Wildman–Crippen LogP) is 2.29. The summed E-state index contributed by atoms with van der Waals surface area (Å²) in [6, 6.07) is 1.43. The van der Waals surface area contributed by atoms with E-state index in [1.54, 1.807) is 0 Å². The average molecular weight is 269 g/mol. The summed E-state index contributed by atoms with van der Waals surface area (Å²) in [6.45, 7) is 5.89. The van der Waals surface area contributed by atoms with Gasteiger partial charge in [-0.25, -0.2) is 9.78 Å². The lowest BCUT2D eigenvalue weighted by molar-refractivity contribution is 0.0690. The van der Waals surface area contributed by atoms with E-state index in [1.165, 1.54) is 16.8 Å².